The Labute approximate surface area is 146 Å². The largest absolute Gasteiger partial charge is 0.493 e. The molecule has 0 bridgehead atoms. The molecule has 0 radical (unpaired) electrons. The number of benzene rings is 1. The number of carbonyl (C=O) groups is 1. The molecule has 1 saturated heterocycles. The number of hydrogen-bond acceptors (Lipinski definition) is 5. The molecule has 6 heteroatoms. The number of thioether (sulfide) groups is 1. The summed E-state index contributed by atoms with van der Waals surface area (Å²) in [5.41, 5.74) is 2.24. The van der Waals surface area contributed by atoms with Crippen LogP contribution in [-0.4, -0.2) is 42.3 Å². The average Bonchev–Trinajstić information content (AvgIpc) is 3.01. The Morgan fingerprint density at radius 2 is 1.92 bits per heavy atom. The highest BCUT2D eigenvalue weighted by molar-refractivity contribution is 8.00. The molecule has 1 aliphatic rings. The average molecular weight is 344 g/mol. The number of carbonyl (C=O) groups excluding carboxylic acids is 1. The van der Waals surface area contributed by atoms with Crippen LogP contribution in [0.4, 0.5) is 0 Å². The number of methoxy groups -OCH3 is 2. The molecule has 1 aromatic carbocycles. The summed E-state index contributed by atoms with van der Waals surface area (Å²) in [7, 11) is 3.25. The zero-order valence-corrected chi connectivity index (χ0v) is 14.6. The Balaban J connectivity index is 1.71. The number of pyridine rings is 1. The highest BCUT2D eigenvalue weighted by atomic mass is 32.2. The van der Waals surface area contributed by atoms with Crippen LogP contribution in [0.3, 0.4) is 0 Å². The summed E-state index contributed by atoms with van der Waals surface area (Å²) in [5.74, 6) is 2.13. The zero-order valence-electron chi connectivity index (χ0n) is 13.8. The van der Waals surface area contributed by atoms with Crippen molar-refractivity contribution in [3.8, 4) is 11.5 Å². The summed E-state index contributed by atoms with van der Waals surface area (Å²) >= 11 is 1.66. The smallest absolute Gasteiger partial charge is 0.233 e. The number of ether oxygens (including phenoxy) is 2. The minimum Gasteiger partial charge on any atom is -0.493 e. The molecular weight excluding hydrogens is 324 g/mol. The fourth-order valence-electron chi connectivity index (χ4n) is 2.79. The van der Waals surface area contributed by atoms with Crippen LogP contribution in [-0.2, 0) is 11.2 Å². The van der Waals surface area contributed by atoms with Gasteiger partial charge in [-0.15, -0.1) is 11.8 Å². The van der Waals surface area contributed by atoms with E-state index in [1.54, 1.807) is 38.4 Å². The third-order valence-electron chi connectivity index (χ3n) is 4.05. The standard InChI is InChI=1S/C18H20N2O3S/c1-22-15-4-3-13(11-16(15)23-2)7-10-20-17(21)12-24-18(20)14-5-8-19-9-6-14/h3-6,8-9,11,18H,7,10,12H2,1-2H3. The first kappa shape index (κ1) is 16.6. The topological polar surface area (TPSA) is 51.7 Å². The molecule has 0 spiro atoms. The lowest BCUT2D eigenvalue weighted by molar-refractivity contribution is -0.128. The van der Waals surface area contributed by atoms with Gasteiger partial charge in [0.1, 0.15) is 5.37 Å². The molecule has 0 N–H and O–H groups in total. The van der Waals surface area contributed by atoms with Gasteiger partial charge in [0.15, 0.2) is 11.5 Å². The maximum Gasteiger partial charge on any atom is 0.233 e. The Bertz CT molecular complexity index is 709. The molecule has 126 valence electrons. The molecule has 2 heterocycles. The van der Waals surface area contributed by atoms with Crippen molar-refractivity contribution < 1.29 is 14.3 Å². The molecule has 5 nitrogen and oxygen atoms in total. The molecule has 1 amide bonds. The van der Waals surface area contributed by atoms with E-state index in [0.717, 1.165) is 17.5 Å². The van der Waals surface area contributed by atoms with Gasteiger partial charge in [0.05, 0.1) is 20.0 Å². The molecule has 1 atom stereocenters. The summed E-state index contributed by atoms with van der Waals surface area (Å²) in [6.45, 7) is 0.675. The number of rotatable bonds is 6. The van der Waals surface area contributed by atoms with Crippen LogP contribution >= 0.6 is 11.8 Å². The highest BCUT2D eigenvalue weighted by Crippen LogP contribution is 2.38. The predicted octanol–water partition coefficient (Wildman–Crippen LogP) is 2.92. The molecule has 1 aliphatic heterocycles. The summed E-state index contributed by atoms with van der Waals surface area (Å²) in [6.07, 6.45) is 4.31. The van der Waals surface area contributed by atoms with Crippen molar-refractivity contribution in [2.24, 2.45) is 0 Å². The van der Waals surface area contributed by atoms with E-state index in [1.165, 1.54) is 0 Å². The van der Waals surface area contributed by atoms with Crippen LogP contribution in [0.25, 0.3) is 0 Å². The van der Waals surface area contributed by atoms with Gasteiger partial charge in [0.2, 0.25) is 5.91 Å². The molecule has 0 saturated carbocycles. The molecular formula is C18H20N2O3S. The monoisotopic (exact) mass is 344 g/mol. The van der Waals surface area contributed by atoms with Crippen molar-refractivity contribution in [2.45, 2.75) is 11.8 Å². The minimum absolute atomic E-state index is 0.0700. The van der Waals surface area contributed by atoms with Crippen molar-refractivity contribution in [2.75, 3.05) is 26.5 Å². The normalized spacial score (nSPS) is 17.2. The van der Waals surface area contributed by atoms with Gasteiger partial charge in [-0.05, 0) is 41.8 Å². The Morgan fingerprint density at radius 1 is 1.17 bits per heavy atom. The van der Waals surface area contributed by atoms with Crippen LogP contribution in [0.1, 0.15) is 16.5 Å². The van der Waals surface area contributed by atoms with Gasteiger partial charge in [-0.1, -0.05) is 6.07 Å². The summed E-state index contributed by atoms with van der Waals surface area (Å²) < 4.78 is 10.6. The summed E-state index contributed by atoms with van der Waals surface area (Å²) in [5, 5.41) is 0.0700. The first-order valence-corrected chi connectivity index (χ1v) is 8.79. The lowest BCUT2D eigenvalue weighted by Crippen LogP contribution is -2.30. The van der Waals surface area contributed by atoms with E-state index in [-0.39, 0.29) is 11.3 Å². The molecule has 1 aromatic heterocycles. The molecule has 24 heavy (non-hydrogen) atoms. The van der Waals surface area contributed by atoms with Crippen LogP contribution in [0.15, 0.2) is 42.7 Å². The summed E-state index contributed by atoms with van der Waals surface area (Å²) in [4.78, 5) is 18.2. The van der Waals surface area contributed by atoms with E-state index in [1.807, 2.05) is 35.2 Å². The van der Waals surface area contributed by atoms with Crippen molar-refractivity contribution in [3.05, 3.63) is 53.9 Å². The first-order valence-electron chi connectivity index (χ1n) is 7.75. The van der Waals surface area contributed by atoms with Gasteiger partial charge in [0, 0.05) is 18.9 Å². The van der Waals surface area contributed by atoms with E-state index in [2.05, 4.69) is 4.98 Å². The van der Waals surface area contributed by atoms with E-state index < -0.39 is 0 Å². The van der Waals surface area contributed by atoms with E-state index in [4.69, 9.17) is 9.47 Å². The maximum absolute atomic E-state index is 12.2. The van der Waals surface area contributed by atoms with Gasteiger partial charge >= 0.3 is 0 Å². The lowest BCUT2D eigenvalue weighted by atomic mass is 10.1. The van der Waals surface area contributed by atoms with E-state index >= 15 is 0 Å². The van der Waals surface area contributed by atoms with Gasteiger partial charge in [-0.3, -0.25) is 9.78 Å². The highest BCUT2D eigenvalue weighted by Gasteiger charge is 2.32. The first-order chi connectivity index (χ1) is 11.7. The van der Waals surface area contributed by atoms with Gasteiger partial charge in [0.25, 0.3) is 0 Å². The lowest BCUT2D eigenvalue weighted by Gasteiger charge is -2.24. The van der Waals surface area contributed by atoms with Gasteiger partial charge in [-0.25, -0.2) is 0 Å². The third-order valence-corrected chi connectivity index (χ3v) is 5.30. The van der Waals surface area contributed by atoms with Gasteiger partial charge in [-0.2, -0.15) is 0 Å². The van der Waals surface area contributed by atoms with Crippen molar-refractivity contribution in [3.63, 3.8) is 0 Å². The summed E-state index contributed by atoms with van der Waals surface area (Å²) in [6, 6.07) is 9.82. The third kappa shape index (κ3) is 3.48. The fourth-order valence-corrected chi connectivity index (χ4v) is 4.00. The number of nitrogens with zero attached hydrogens (tertiary/aromatic N) is 2. The van der Waals surface area contributed by atoms with Crippen molar-refractivity contribution in [1.82, 2.24) is 9.88 Å². The molecule has 0 aliphatic carbocycles. The maximum atomic E-state index is 12.2. The molecule has 1 unspecified atom stereocenters. The second-order valence-corrected chi connectivity index (χ2v) is 6.54. The Morgan fingerprint density at radius 3 is 2.62 bits per heavy atom. The quantitative estimate of drug-likeness (QED) is 0.806. The second kappa shape index (κ2) is 7.57. The SMILES string of the molecule is COc1ccc(CCN2C(=O)CSC2c2ccncc2)cc1OC. The van der Waals surface area contributed by atoms with Crippen LogP contribution in [0.5, 0.6) is 11.5 Å². The molecule has 1 fully saturated rings. The minimum atomic E-state index is 0.0700. The van der Waals surface area contributed by atoms with E-state index in [0.29, 0.717) is 23.8 Å². The number of aromatic nitrogens is 1. The molecule has 2 aromatic rings. The van der Waals surface area contributed by atoms with Gasteiger partial charge < -0.3 is 14.4 Å². The Kier molecular flexibility index (Phi) is 5.25. The van der Waals surface area contributed by atoms with E-state index in [9.17, 15) is 4.79 Å². The van der Waals surface area contributed by atoms with Crippen molar-refractivity contribution in [1.29, 1.82) is 0 Å². The zero-order chi connectivity index (χ0) is 16.9. The predicted molar refractivity (Wildman–Crippen MR) is 94.4 cm³/mol. The van der Waals surface area contributed by atoms with Crippen molar-refractivity contribution >= 4 is 17.7 Å². The second-order valence-electron chi connectivity index (χ2n) is 5.47. The van der Waals surface area contributed by atoms with Crippen LogP contribution in [0, 0.1) is 0 Å². The molecule has 3 rings (SSSR count). The Hall–Kier alpha value is -2.21. The number of hydrogen-bond donors (Lipinski definition) is 0. The number of amides is 1. The fraction of sp³-hybridized carbons (Fsp3) is 0.333. The van der Waals surface area contributed by atoms with Crippen LogP contribution < -0.4 is 9.47 Å². The van der Waals surface area contributed by atoms with Crippen LogP contribution in [0.2, 0.25) is 0 Å².